The molecule has 0 fully saturated rings. The largest absolute Gasteiger partial charge is 0.497 e. The van der Waals surface area contributed by atoms with Crippen LogP contribution in [0.25, 0.3) is 31.0 Å². The fraction of sp³-hybridized carbons (Fsp3) is 0.125. The predicted molar refractivity (Wildman–Crippen MR) is 96.7 cm³/mol. The highest BCUT2D eigenvalue weighted by Gasteiger charge is 2.17. The number of hydrogen-bond acceptors (Lipinski definition) is 7. The zero-order valence-electron chi connectivity index (χ0n) is 12.7. The van der Waals surface area contributed by atoms with Gasteiger partial charge in [0, 0.05) is 11.8 Å². The standard InChI is InChI=1S/C16H11N2O3S3/c1-21-9-3-4-12-13(5-9)23-16(18-12)11-6-10(24(2,19)20)7-14-15(11)17-8-22-14/h3-7H,1-2H3. The van der Waals surface area contributed by atoms with Gasteiger partial charge in [-0.2, -0.15) is 0 Å². The SMILES string of the molecule is COc1ccc2nc(-c3cc(S(C)(=O)=O)cc4s[c]nc34)sc2c1. The number of hydrogen-bond donors (Lipinski definition) is 0. The Balaban J connectivity index is 2.00. The van der Waals surface area contributed by atoms with E-state index in [-0.39, 0.29) is 4.90 Å². The summed E-state index contributed by atoms with van der Waals surface area (Å²) in [7, 11) is -1.70. The molecule has 2 heterocycles. The van der Waals surface area contributed by atoms with Crippen LogP contribution in [0.3, 0.4) is 0 Å². The van der Waals surface area contributed by atoms with Gasteiger partial charge in [0.25, 0.3) is 0 Å². The van der Waals surface area contributed by atoms with E-state index in [1.165, 1.54) is 28.9 Å². The number of sulfone groups is 1. The summed E-state index contributed by atoms with van der Waals surface area (Å²) in [5, 5.41) is 0.730. The molecule has 2 aromatic heterocycles. The highest BCUT2D eigenvalue weighted by molar-refractivity contribution is 7.90. The lowest BCUT2D eigenvalue weighted by Gasteiger charge is -2.03. The molecule has 1 radical (unpaired) electrons. The third kappa shape index (κ3) is 2.56. The van der Waals surface area contributed by atoms with Crippen LogP contribution in [-0.4, -0.2) is 31.8 Å². The highest BCUT2D eigenvalue weighted by Crippen LogP contribution is 2.37. The van der Waals surface area contributed by atoms with Crippen molar-refractivity contribution >= 4 is 52.9 Å². The predicted octanol–water partition coefficient (Wildman–Crippen LogP) is 3.79. The summed E-state index contributed by atoms with van der Waals surface area (Å²) < 4.78 is 31.0. The maximum atomic E-state index is 12.0. The number of thiazole rings is 2. The van der Waals surface area contributed by atoms with Gasteiger partial charge in [0.1, 0.15) is 10.8 Å². The average molecular weight is 375 g/mol. The lowest BCUT2D eigenvalue weighted by Crippen LogP contribution is -1.97. The summed E-state index contributed by atoms with van der Waals surface area (Å²) in [6.07, 6.45) is 1.20. The van der Waals surface area contributed by atoms with Crippen molar-refractivity contribution in [2.45, 2.75) is 4.90 Å². The zero-order chi connectivity index (χ0) is 16.9. The Morgan fingerprint density at radius 3 is 2.75 bits per heavy atom. The van der Waals surface area contributed by atoms with Crippen molar-refractivity contribution < 1.29 is 13.2 Å². The number of nitrogens with zero attached hydrogens (tertiary/aromatic N) is 2. The Morgan fingerprint density at radius 1 is 1.17 bits per heavy atom. The first-order chi connectivity index (χ1) is 11.5. The second kappa shape index (κ2) is 5.51. The van der Waals surface area contributed by atoms with E-state index in [9.17, 15) is 8.42 Å². The van der Waals surface area contributed by atoms with E-state index in [1.807, 2.05) is 18.2 Å². The van der Waals surface area contributed by atoms with E-state index in [2.05, 4.69) is 15.5 Å². The van der Waals surface area contributed by atoms with Crippen LogP contribution in [0.4, 0.5) is 0 Å². The van der Waals surface area contributed by atoms with Crippen LogP contribution in [-0.2, 0) is 9.84 Å². The number of methoxy groups -OCH3 is 1. The van der Waals surface area contributed by atoms with Crippen molar-refractivity contribution in [3.05, 3.63) is 35.8 Å². The van der Waals surface area contributed by atoms with E-state index < -0.39 is 9.84 Å². The van der Waals surface area contributed by atoms with E-state index in [1.54, 1.807) is 19.2 Å². The molecule has 0 N–H and O–H groups in total. The third-order valence-corrected chi connectivity index (χ3v) is 6.47. The maximum Gasteiger partial charge on any atom is 0.175 e. The minimum absolute atomic E-state index is 0.263. The smallest absolute Gasteiger partial charge is 0.175 e. The molecule has 0 spiro atoms. The molecule has 0 unspecified atom stereocenters. The van der Waals surface area contributed by atoms with Crippen LogP contribution in [0.15, 0.2) is 35.2 Å². The van der Waals surface area contributed by atoms with E-state index in [4.69, 9.17) is 4.74 Å². The molecule has 0 aliphatic rings. The molecular weight excluding hydrogens is 364 g/mol. The minimum Gasteiger partial charge on any atom is -0.497 e. The molecule has 0 amide bonds. The molecular formula is C16H11N2O3S3. The Hall–Kier alpha value is -2.03. The lowest BCUT2D eigenvalue weighted by molar-refractivity contribution is 0.415. The van der Waals surface area contributed by atoms with Gasteiger partial charge >= 0.3 is 0 Å². The molecule has 4 rings (SSSR count). The molecule has 0 aliphatic carbocycles. The van der Waals surface area contributed by atoms with Gasteiger partial charge in [-0.1, -0.05) is 0 Å². The van der Waals surface area contributed by atoms with Crippen LogP contribution >= 0.6 is 22.7 Å². The topological polar surface area (TPSA) is 69.2 Å². The average Bonchev–Trinajstić information content (AvgIpc) is 3.18. The van der Waals surface area contributed by atoms with Crippen LogP contribution < -0.4 is 4.74 Å². The summed E-state index contributed by atoms with van der Waals surface area (Å²) in [5.41, 5.74) is 5.11. The number of rotatable bonds is 3. The van der Waals surface area contributed by atoms with Gasteiger partial charge in [-0.3, -0.25) is 0 Å². The quantitative estimate of drug-likeness (QED) is 0.545. The van der Waals surface area contributed by atoms with Crippen molar-refractivity contribution in [3.8, 4) is 16.3 Å². The number of benzene rings is 2. The molecule has 0 aliphatic heterocycles. The summed E-state index contributed by atoms with van der Waals surface area (Å²) in [5.74, 6) is 0.759. The summed E-state index contributed by atoms with van der Waals surface area (Å²) in [6.45, 7) is 0. The van der Waals surface area contributed by atoms with E-state index in [0.717, 1.165) is 31.2 Å². The van der Waals surface area contributed by atoms with E-state index in [0.29, 0.717) is 5.56 Å². The summed E-state index contributed by atoms with van der Waals surface area (Å²) >= 11 is 2.78. The molecule has 8 heteroatoms. The molecule has 0 saturated carbocycles. The first-order valence-corrected chi connectivity index (χ1v) is 10.4. The molecule has 0 bridgehead atoms. The molecule has 121 valence electrons. The Bertz CT molecular complexity index is 1180. The van der Waals surface area contributed by atoms with Crippen LogP contribution in [0.5, 0.6) is 5.75 Å². The van der Waals surface area contributed by atoms with Gasteiger partial charge in [-0.15, -0.1) is 22.7 Å². The van der Waals surface area contributed by atoms with Gasteiger partial charge in [0.15, 0.2) is 15.3 Å². The number of ether oxygens (including phenoxy) is 1. The van der Waals surface area contributed by atoms with Gasteiger partial charge < -0.3 is 4.74 Å². The molecule has 4 aromatic rings. The summed E-state index contributed by atoms with van der Waals surface area (Å²) in [4.78, 5) is 9.16. The van der Waals surface area contributed by atoms with Crippen molar-refractivity contribution in [1.82, 2.24) is 9.97 Å². The van der Waals surface area contributed by atoms with Crippen LogP contribution in [0.2, 0.25) is 0 Å². The second-order valence-corrected chi connectivity index (χ2v) is 9.12. The van der Waals surface area contributed by atoms with Crippen molar-refractivity contribution in [2.75, 3.05) is 13.4 Å². The molecule has 5 nitrogen and oxygen atoms in total. The summed E-state index contributed by atoms with van der Waals surface area (Å²) in [6, 6.07) is 8.93. The van der Waals surface area contributed by atoms with Crippen LogP contribution in [0, 0.1) is 5.51 Å². The van der Waals surface area contributed by atoms with Gasteiger partial charge in [0.2, 0.25) is 0 Å². The molecule has 24 heavy (non-hydrogen) atoms. The lowest BCUT2D eigenvalue weighted by atomic mass is 10.2. The van der Waals surface area contributed by atoms with Crippen LogP contribution in [0.1, 0.15) is 0 Å². The number of aromatic nitrogens is 2. The minimum atomic E-state index is -3.32. The van der Waals surface area contributed by atoms with E-state index >= 15 is 0 Å². The second-order valence-electron chi connectivity index (χ2n) is 5.25. The van der Waals surface area contributed by atoms with Gasteiger partial charge in [0.05, 0.1) is 32.4 Å². The van der Waals surface area contributed by atoms with Crippen molar-refractivity contribution in [1.29, 1.82) is 0 Å². The highest BCUT2D eigenvalue weighted by atomic mass is 32.2. The normalized spacial score (nSPS) is 12.1. The fourth-order valence-corrected chi connectivity index (χ4v) is 4.84. The molecule has 0 atom stereocenters. The van der Waals surface area contributed by atoms with Gasteiger partial charge in [-0.05, 0) is 30.3 Å². The zero-order valence-corrected chi connectivity index (χ0v) is 15.2. The maximum absolute atomic E-state index is 12.0. The monoisotopic (exact) mass is 375 g/mol. The number of fused-ring (bicyclic) bond motifs is 2. The Labute approximate surface area is 146 Å². The molecule has 0 saturated heterocycles. The fourth-order valence-electron chi connectivity index (χ4n) is 2.42. The van der Waals surface area contributed by atoms with Gasteiger partial charge in [-0.25, -0.2) is 18.4 Å². The molecule has 2 aromatic carbocycles. The Morgan fingerprint density at radius 2 is 2.00 bits per heavy atom. The Kier molecular flexibility index (Phi) is 3.56. The van der Waals surface area contributed by atoms with Crippen molar-refractivity contribution in [2.24, 2.45) is 0 Å². The van der Waals surface area contributed by atoms with Crippen molar-refractivity contribution in [3.63, 3.8) is 0 Å². The first kappa shape index (κ1) is 15.5. The first-order valence-electron chi connectivity index (χ1n) is 6.91. The third-order valence-electron chi connectivity index (χ3n) is 3.62.